The number of nitriles is 1. The molecule has 2 heterocycles. The molecule has 1 amide bonds. The summed E-state index contributed by atoms with van der Waals surface area (Å²) in [5.74, 6) is -0.126. The Balaban J connectivity index is 1.72. The minimum atomic E-state index is -0.126. The molecule has 0 radical (unpaired) electrons. The van der Waals surface area contributed by atoms with Gasteiger partial charge in [0.25, 0.3) is 5.91 Å². The van der Waals surface area contributed by atoms with Gasteiger partial charge >= 0.3 is 0 Å². The van der Waals surface area contributed by atoms with Gasteiger partial charge in [-0.05, 0) is 38.6 Å². The zero-order valence-corrected chi connectivity index (χ0v) is 13.0. The first-order valence-corrected chi connectivity index (χ1v) is 7.71. The van der Waals surface area contributed by atoms with E-state index in [1.807, 2.05) is 12.1 Å². The van der Waals surface area contributed by atoms with Crippen molar-refractivity contribution in [2.45, 2.75) is 18.9 Å². The topological polar surface area (TPSA) is 84.8 Å². The van der Waals surface area contributed by atoms with Gasteiger partial charge in [-0.15, -0.1) is 0 Å². The number of likely N-dealkylation sites (tertiary alicyclic amines) is 1. The lowest BCUT2D eigenvalue weighted by atomic mass is 10.1. The van der Waals surface area contributed by atoms with E-state index >= 15 is 0 Å². The second-order valence-corrected chi connectivity index (χ2v) is 5.83. The number of nitrogens with one attached hydrogen (secondary N) is 2. The first-order valence-electron chi connectivity index (χ1n) is 7.71. The Bertz CT molecular complexity index is 728. The van der Waals surface area contributed by atoms with E-state index < -0.39 is 0 Å². The van der Waals surface area contributed by atoms with E-state index in [0.29, 0.717) is 29.4 Å². The lowest BCUT2D eigenvalue weighted by Gasteiger charge is -2.19. The number of hydrogen-bond donors (Lipinski definition) is 2. The summed E-state index contributed by atoms with van der Waals surface area (Å²) < 4.78 is 0. The Morgan fingerprint density at radius 1 is 1.48 bits per heavy atom. The van der Waals surface area contributed by atoms with Crippen molar-refractivity contribution in [2.75, 3.05) is 20.1 Å². The number of aromatic nitrogens is 2. The van der Waals surface area contributed by atoms with Crippen LogP contribution in [0.1, 0.15) is 28.8 Å². The van der Waals surface area contributed by atoms with Crippen molar-refractivity contribution in [1.29, 1.82) is 5.26 Å². The molecule has 1 aliphatic heterocycles. The molecule has 1 fully saturated rings. The third-order valence-corrected chi connectivity index (χ3v) is 4.36. The van der Waals surface area contributed by atoms with Crippen molar-refractivity contribution in [2.24, 2.45) is 0 Å². The number of carbonyl (C=O) groups excluding carboxylic acids is 1. The summed E-state index contributed by atoms with van der Waals surface area (Å²) in [6, 6.07) is 9.57. The summed E-state index contributed by atoms with van der Waals surface area (Å²) in [6.45, 7) is 1.73. The highest BCUT2D eigenvalue weighted by molar-refractivity contribution is 5.99. The van der Waals surface area contributed by atoms with E-state index in [9.17, 15) is 4.79 Å². The maximum Gasteiger partial charge on any atom is 0.255 e. The second-order valence-electron chi connectivity index (χ2n) is 5.83. The number of aromatic amines is 1. The molecule has 6 heteroatoms. The summed E-state index contributed by atoms with van der Waals surface area (Å²) in [6.07, 6.45) is 3.84. The van der Waals surface area contributed by atoms with E-state index in [0.717, 1.165) is 18.5 Å². The standard InChI is InChI=1S/C17H19N5O/c1-22-8-2-3-14(22)10-19-17(23)15-11-20-21-16(15)13-6-4-12(9-18)5-7-13/h4-7,11,14H,2-3,8,10H2,1H3,(H,19,23)(H,20,21)/t14-/m1/s1. The molecule has 1 aromatic heterocycles. The maximum atomic E-state index is 12.4. The molecule has 2 aromatic rings. The van der Waals surface area contributed by atoms with Gasteiger partial charge in [0.2, 0.25) is 0 Å². The Morgan fingerprint density at radius 3 is 2.91 bits per heavy atom. The van der Waals surface area contributed by atoms with E-state index in [1.165, 1.54) is 6.42 Å². The van der Waals surface area contributed by atoms with E-state index in [-0.39, 0.29) is 5.91 Å². The minimum absolute atomic E-state index is 0.126. The molecular weight excluding hydrogens is 290 g/mol. The van der Waals surface area contributed by atoms with Crippen LogP contribution in [-0.2, 0) is 0 Å². The van der Waals surface area contributed by atoms with Gasteiger partial charge in [-0.1, -0.05) is 12.1 Å². The summed E-state index contributed by atoms with van der Waals surface area (Å²) in [5.41, 5.74) is 2.62. The van der Waals surface area contributed by atoms with Crippen LogP contribution >= 0.6 is 0 Å². The number of nitrogens with zero attached hydrogens (tertiary/aromatic N) is 3. The average molecular weight is 309 g/mol. The summed E-state index contributed by atoms with van der Waals surface area (Å²) in [7, 11) is 2.09. The fourth-order valence-corrected chi connectivity index (χ4v) is 2.93. The highest BCUT2D eigenvalue weighted by Gasteiger charge is 2.22. The number of benzene rings is 1. The molecule has 1 atom stereocenters. The Kier molecular flexibility index (Phi) is 4.40. The number of H-pyrrole nitrogens is 1. The molecule has 1 aliphatic rings. The summed E-state index contributed by atoms with van der Waals surface area (Å²) in [4.78, 5) is 14.7. The van der Waals surface area contributed by atoms with E-state index in [4.69, 9.17) is 5.26 Å². The van der Waals surface area contributed by atoms with Crippen LogP contribution < -0.4 is 5.32 Å². The molecular formula is C17H19N5O. The molecule has 0 saturated carbocycles. The SMILES string of the molecule is CN1CCC[C@@H]1CNC(=O)c1cn[nH]c1-c1ccc(C#N)cc1. The van der Waals surface area contributed by atoms with Gasteiger partial charge in [0.15, 0.2) is 0 Å². The first kappa shape index (κ1) is 15.3. The van der Waals surface area contributed by atoms with Gasteiger partial charge in [0.1, 0.15) is 0 Å². The van der Waals surface area contributed by atoms with Crippen molar-refractivity contribution < 1.29 is 4.79 Å². The third-order valence-electron chi connectivity index (χ3n) is 4.36. The monoisotopic (exact) mass is 309 g/mol. The molecule has 6 nitrogen and oxygen atoms in total. The predicted molar refractivity (Wildman–Crippen MR) is 86.7 cm³/mol. The maximum absolute atomic E-state index is 12.4. The third kappa shape index (κ3) is 3.25. The molecule has 0 bridgehead atoms. The Morgan fingerprint density at radius 2 is 2.26 bits per heavy atom. The van der Waals surface area contributed by atoms with Crippen LogP contribution in [0.25, 0.3) is 11.3 Å². The Hall–Kier alpha value is -2.65. The highest BCUT2D eigenvalue weighted by atomic mass is 16.1. The van der Waals surface area contributed by atoms with Crippen LogP contribution in [0.15, 0.2) is 30.5 Å². The van der Waals surface area contributed by atoms with Crippen molar-refractivity contribution in [3.05, 3.63) is 41.6 Å². The quantitative estimate of drug-likeness (QED) is 0.901. The van der Waals surface area contributed by atoms with Crippen LogP contribution in [0, 0.1) is 11.3 Å². The number of carbonyl (C=O) groups is 1. The van der Waals surface area contributed by atoms with Crippen LogP contribution in [0.4, 0.5) is 0 Å². The Labute approximate surface area is 135 Å². The lowest BCUT2D eigenvalue weighted by Crippen LogP contribution is -2.38. The van der Waals surface area contributed by atoms with Gasteiger partial charge in [-0.3, -0.25) is 9.89 Å². The molecule has 118 valence electrons. The van der Waals surface area contributed by atoms with Gasteiger partial charge in [0.05, 0.1) is 29.1 Å². The number of hydrogen-bond acceptors (Lipinski definition) is 4. The number of amides is 1. The molecule has 2 N–H and O–H groups in total. The van der Waals surface area contributed by atoms with Crippen LogP contribution in [-0.4, -0.2) is 47.2 Å². The minimum Gasteiger partial charge on any atom is -0.350 e. The fraction of sp³-hybridized carbons (Fsp3) is 0.353. The molecule has 0 aliphatic carbocycles. The van der Waals surface area contributed by atoms with Crippen molar-refractivity contribution in [1.82, 2.24) is 20.4 Å². The molecule has 1 saturated heterocycles. The zero-order chi connectivity index (χ0) is 16.2. The van der Waals surface area contributed by atoms with Gasteiger partial charge in [-0.2, -0.15) is 10.4 Å². The van der Waals surface area contributed by atoms with Gasteiger partial charge in [0, 0.05) is 18.2 Å². The van der Waals surface area contributed by atoms with E-state index in [2.05, 4.69) is 33.5 Å². The summed E-state index contributed by atoms with van der Waals surface area (Å²) in [5, 5.41) is 18.7. The molecule has 23 heavy (non-hydrogen) atoms. The van der Waals surface area contributed by atoms with Crippen LogP contribution in [0.5, 0.6) is 0 Å². The summed E-state index contributed by atoms with van der Waals surface area (Å²) >= 11 is 0. The van der Waals surface area contributed by atoms with Crippen LogP contribution in [0.2, 0.25) is 0 Å². The zero-order valence-electron chi connectivity index (χ0n) is 13.0. The molecule has 0 spiro atoms. The van der Waals surface area contributed by atoms with Gasteiger partial charge in [-0.25, -0.2) is 0 Å². The first-order chi connectivity index (χ1) is 11.2. The largest absolute Gasteiger partial charge is 0.350 e. The highest BCUT2D eigenvalue weighted by Crippen LogP contribution is 2.21. The average Bonchev–Trinajstić information content (AvgIpc) is 3.22. The number of rotatable bonds is 4. The van der Waals surface area contributed by atoms with Crippen LogP contribution in [0.3, 0.4) is 0 Å². The lowest BCUT2D eigenvalue weighted by molar-refractivity contribution is 0.0944. The number of likely N-dealkylation sites (N-methyl/N-ethyl adjacent to an activating group) is 1. The van der Waals surface area contributed by atoms with Gasteiger partial charge < -0.3 is 10.2 Å². The molecule has 1 aromatic carbocycles. The van der Waals surface area contributed by atoms with Crippen molar-refractivity contribution in [3.63, 3.8) is 0 Å². The molecule has 3 rings (SSSR count). The van der Waals surface area contributed by atoms with E-state index in [1.54, 1.807) is 18.3 Å². The van der Waals surface area contributed by atoms with Crippen molar-refractivity contribution in [3.8, 4) is 17.3 Å². The second kappa shape index (κ2) is 6.63. The van der Waals surface area contributed by atoms with Crippen molar-refractivity contribution >= 4 is 5.91 Å². The normalized spacial score (nSPS) is 17.8. The molecule has 0 unspecified atom stereocenters. The predicted octanol–water partition coefficient (Wildman–Crippen LogP) is 1.77. The smallest absolute Gasteiger partial charge is 0.255 e. The fourth-order valence-electron chi connectivity index (χ4n) is 2.93.